The van der Waals surface area contributed by atoms with Crippen molar-refractivity contribution in [3.8, 4) is 0 Å². The maximum Gasteiger partial charge on any atom is 0.131 e. The topological polar surface area (TPSA) is 49.8 Å². The quantitative estimate of drug-likeness (QED) is 0.722. The zero-order chi connectivity index (χ0) is 15.9. The predicted molar refractivity (Wildman–Crippen MR) is 94.3 cm³/mol. The summed E-state index contributed by atoms with van der Waals surface area (Å²) in [6, 6.07) is 20.6. The monoisotopic (exact) mass is 304 g/mol. The van der Waals surface area contributed by atoms with Gasteiger partial charge in [-0.15, -0.1) is 0 Å². The van der Waals surface area contributed by atoms with Crippen LogP contribution in [-0.4, -0.2) is 9.97 Å². The Labute approximate surface area is 136 Å². The van der Waals surface area contributed by atoms with Gasteiger partial charge in [0, 0.05) is 19.2 Å². The van der Waals surface area contributed by atoms with Gasteiger partial charge in [-0.25, -0.2) is 9.97 Å². The second-order valence-electron chi connectivity index (χ2n) is 5.47. The number of nitrogens with zero attached hydrogens (tertiary/aromatic N) is 2. The zero-order valence-corrected chi connectivity index (χ0v) is 13.2. The number of aryl methyl sites for hydroxylation is 1. The van der Waals surface area contributed by atoms with E-state index >= 15 is 0 Å². The van der Waals surface area contributed by atoms with Crippen molar-refractivity contribution < 1.29 is 0 Å². The van der Waals surface area contributed by atoms with E-state index in [1.54, 1.807) is 6.33 Å². The Morgan fingerprint density at radius 3 is 2.09 bits per heavy atom. The summed E-state index contributed by atoms with van der Waals surface area (Å²) in [5.41, 5.74) is 3.72. The third-order valence-electron chi connectivity index (χ3n) is 3.54. The Kier molecular flexibility index (Phi) is 4.84. The molecule has 1 heterocycles. The van der Waals surface area contributed by atoms with Crippen LogP contribution < -0.4 is 10.6 Å². The van der Waals surface area contributed by atoms with Crippen molar-refractivity contribution in [2.24, 2.45) is 0 Å². The van der Waals surface area contributed by atoms with Gasteiger partial charge in [0.15, 0.2) is 0 Å². The van der Waals surface area contributed by atoms with Gasteiger partial charge in [0.1, 0.15) is 18.0 Å². The van der Waals surface area contributed by atoms with E-state index < -0.39 is 0 Å². The first-order valence-electron chi connectivity index (χ1n) is 7.69. The van der Waals surface area contributed by atoms with E-state index in [2.05, 4.69) is 63.9 Å². The average molecular weight is 304 g/mol. The molecular formula is C19H20N4. The molecule has 0 fully saturated rings. The number of nitrogens with one attached hydrogen (secondary N) is 2. The number of anilines is 2. The Morgan fingerprint density at radius 1 is 0.739 bits per heavy atom. The molecule has 0 aliphatic heterocycles. The summed E-state index contributed by atoms with van der Waals surface area (Å²) in [5, 5.41) is 6.65. The summed E-state index contributed by atoms with van der Waals surface area (Å²) in [7, 11) is 0. The number of benzene rings is 2. The Hall–Kier alpha value is -2.88. The number of hydrogen-bond donors (Lipinski definition) is 2. The molecule has 3 aromatic rings. The van der Waals surface area contributed by atoms with Gasteiger partial charge in [0.05, 0.1) is 0 Å². The summed E-state index contributed by atoms with van der Waals surface area (Å²) in [5.74, 6) is 1.63. The normalized spacial score (nSPS) is 10.3. The molecule has 0 radical (unpaired) electrons. The molecule has 2 aromatic carbocycles. The Bertz CT molecular complexity index is 756. The van der Waals surface area contributed by atoms with Crippen molar-refractivity contribution in [3.63, 3.8) is 0 Å². The smallest absolute Gasteiger partial charge is 0.131 e. The summed E-state index contributed by atoms with van der Waals surface area (Å²) < 4.78 is 0. The minimum Gasteiger partial charge on any atom is -0.366 e. The lowest BCUT2D eigenvalue weighted by Crippen LogP contribution is -2.05. The molecule has 0 saturated heterocycles. The van der Waals surface area contributed by atoms with E-state index in [1.165, 1.54) is 16.7 Å². The number of aromatic nitrogens is 2. The first kappa shape index (κ1) is 15.0. The minimum absolute atomic E-state index is 0.745. The lowest BCUT2D eigenvalue weighted by Gasteiger charge is -2.09. The van der Waals surface area contributed by atoms with Crippen molar-refractivity contribution in [2.75, 3.05) is 10.6 Å². The van der Waals surface area contributed by atoms with Crippen molar-refractivity contribution in [1.82, 2.24) is 9.97 Å². The van der Waals surface area contributed by atoms with Gasteiger partial charge >= 0.3 is 0 Å². The first-order valence-corrected chi connectivity index (χ1v) is 7.69. The van der Waals surface area contributed by atoms with Gasteiger partial charge in [0.25, 0.3) is 0 Å². The first-order chi connectivity index (χ1) is 11.3. The molecule has 4 nitrogen and oxygen atoms in total. The second kappa shape index (κ2) is 7.40. The second-order valence-corrected chi connectivity index (χ2v) is 5.47. The van der Waals surface area contributed by atoms with Crippen LogP contribution in [0.5, 0.6) is 0 Å². The van der Waals surface area contributed by atoms with Crippen LogP contribution in [0.3, 0.4) is 0 Å². The van der Waals surface area contributed by atoms with E-state index in [-0.39, 0.29) is 0 Å². The highest BCUT2D eigenvalue weighted by Gasteiger charge is 2.00. The largest absolute Gasteiger partial charge is 0.366 e. The molecule has 0 spiro atoms. The highest BCUT2D eigenvalue weighted by molar-refractivity contribution is 5.47. The highest BCUT2D eigenvalue weighted by Crippen LogP contribution is 2.12. The predicted octanol–water partition coefficient (Wildman–Crippen LogP) is 4.01. The molecule has 0 bridgehead atoms. The van der Waals surface area contributed by atoms with E-state index in [0.29, 0.717) is 0 Å². The lowest BCUT2D eigenvalue weighted by atomic mass is 10.1. The van der Waals surface area contributed by atoms with Crippen LogP contribution in [-0.2, 0) is 13.1 Å². The van der Waals surface area contributed by atoms with E-state index in [0.717, 1.165) is 24.7 Å². The molecule has 0 atom stereocenters. The van der Waals surface area contributed by atoms with Crippen molar-refractivity contribution in [3.05, 3.63) is 83.7 Å². The Balaban J connectivity index is 1.59. The van der Waals surface area contributed by atoms with Crippen LogP contribution in [0.15, 0.2) is 67.0 Å². The maximum absolute atomic E-state index is 4.27. The summed E-state index contributed by atoms with van der Waals surface area (Å²) >= 11 is 0. The SMILES string of the molecule is Cc1cccc(CNc2cc(NCc3ccccc3)ncn2)c1. The van der Waals surface area contributed by atoms with Gasteiger partial charge < -0.3 is 10.6 Å². The van der Waals surface area contributed by atoms with Gasteiger partial charge in [-0.1, -0.05) is 60.2 Å². The third-order valence-corrected chi connectivity index (χ3v) is 3.54. The number of rotatable bonds is 6. The molecule has 1 aromatic heterocycles. The molecular weight excluding hydrogens is 284 g/mol. The van der Waals surface area contributed by atoms with E-state index in [4.69, 9.17) is 0 Å². The molecule has 116 valence electrons. The molecule has 0 saturated carbocycles. The molecule has 0 aliphatic carbocycles. The summed E-state index contributed by atoms with van der Waals surface area (Å²) in [6.07, 6.45) is 1.58. The fourth-order valence-corrected chi connectivity index (χ4v) is 2.35. The van der Waals surface area contributed by atoms with Crippen molar-refractivity contribution in [2.45, 2.75) is 20.0 Å². The van der Waals surface area contributed by atoms with Gasteiger partial charge in [0.2, 0.25) is 0 Å². The molecule has 23 heavy (non-hydrogen) atoms. The third kappa shape index (κ3) is 4.54. The standard InChI is InChI=1S/C19H20N4/c1-15-6-5-9-17(10-15)13-21-19-11-18(22-14-23-19)20-12-16-7-3-2-4-8-16/h2-11,14H,12-13H2,1H3,(H2,20,21,22,23). The van der Waals surface area contributed by atoms with Crippen LogP contribution in [0, 0.1) is 6.92 Å². The van der Waals surface area contributed by atoms with Crippen LogP contribution >= 0.6 is 0 Å². The lowest BCUT2D eigenvalue weighted by molar-refractivity contribution is 1.05. The van der Waals surface area contributed by atoms with Crippen molar-refractivity contribution >= 4 is 11.6 Å². The average Bonchev–Trinajstić information content (AvgIpc) is 2.60. The van der Waals surface area contributed by atoms with Crippen LogP contribution in [0.4, 0.5) is 11.6 Å². The minimum atomic E-state index is 0.745. The molecule has 0 aliphatic rings. The van der Waals surface area contributed by atoms with Gasteiger partial charge in [-0.05, 0) is 18.1 Å². The summed E-state index contributed by atoms with van der Waals surface area (Å²) in [6.45, 7) is 3.59. The highest BCUT2D eigenvalue weighted by atomic mass is 15.1. The fourth-order valence-electron chi connectivity index (χ4n) is 2.35. The van der Waals surface area contributed by atoms with Crippen LogP contribution in [0.1, 0.15) is 16.7 Å². The molecule has 4 heteroatoms. The molecule has 2 N–H and O–H groups in total. The van der Waals surface area contributed by atoms with E-state index in [9.17, 15) is 0 Å². The fraction of sp³-hybridized carbons (Fsp3) is 0.158. The summed E-state index contributed by atoms with van der Waals surface area (Å²) in [4.78, 5) is 8.53. The Morgan fingerprint density at radius 2 is 1.39 bits per heavy atom. The van der Waals surface area contributed by atoms with Crippen LogP contribution in [0.2, 0.25) is 0 Å². The molecule has 0 unspecified atom stereocenters. The number of hydrogen-bond acceptors (Lipinski definition) is 4. The van der Waals surface area contributed by atoms with Crippen molar-refractivity contribution in [1.29, 1.82) is 0 Å². The van der Waals surface area contributed by atoms with Gasteiger partial charge in [-0.3, -0.25) is 0 Å². The molecule has 3 rings (SSSR count). The molecule has 0 amide bonds. The van der Waals surface area contributed by atoms with E-state index in [1.807, 2.05) is 24.3 Å². The maximum atomic E-state index is 4.27. The van der Waals surface area contributed by atoms with Gasteiger partial charge in [-0.2, -0.15) is 0 Å². The zero-order valence-electron chi connectivity index (χ0n) is 13.2. The van der Waals surface area contributed by atoms with Crippen LogP contribution in [0.25, 0.3) is 0 Å².